The fourth-order valence-electron chi connectivity index (χ4n) is 3.12. The van der Waals surface area contributed by atoms with Crippen molar-refractivity contribution >= 4 is 5.91 Å². The minimum absolute atomic E-state index is 0.175. The van der Waals surface area contributed by atoms with E-state index in [1.165, 1.54) is 31.2 Å². The zero-order chi connectivity index (χ0) is 13.7. The topological polar surface area (TPSA) is 29.1 Å². The highest BCUT2D eigenvalue weighted by molar-refractivity contribution is 5.76. The van der Waals surface area contributed by atoms with E-state index in [0.717, 1.165) is 6.54 Å². The molecule has 1 fully saturated rings. The molecular weight excluding hydrogens is 234 g/mol. The molecule has 2 heteroatoms. The first-order valence-corrected chi connectivity index (χ1v) is 7.45. The molecular formula is C17H25NO. The highest BCUT2D eigenvalue weighted by Gasteiger charge is 2.35. The molecule has 0 aliphatic heterocycles. The zero-order valence-corrected chi connectivity index (χ0v) is 12.1. The maximum Gasteiger partial charge on any atom is 0.220 e. The molecule has 1 saturated carbocycles. The van der Waals surface area contributed by atoms with E-state index < -0.39 is 0 Å². The summed E-state index contributed by atoms with van der Waals surface area (Å²) in [7, 11) is 0. The number of amides is 1. The third kappa shape index (κ3) is 3.59. The normalized spacial score (nSPS) is 17.6. The van der Waals surface area contributed by atoms with Gasteiger partial charge in [0.15, 0.2) is 0 Å². The molecule has 0 atom stereocenters. The summed E-state index contributed by atoms with van der Waals surface area (Å²) in [6.07, 6.45) is 5.56. The van der Waals surface area contributed by atoms with E-state index in [4.69, 9.17) is 0 Å². The number of hydrogen-bond acceptors (Lipinski definition) is 1. The van der Waals surface area contributed by atoms with Gasteiger partial charge in [-0.15, -0.1) is 0 Å². The van der Waals surface area contributed by atoms with Gasteiger partial charge >= 0.3 is 0 Å². The van der Waals surface area contributed by atoms with Gasteiger partial charge < -0.3 is 5.32 Å². The molecule has 104 valence electrons. The largest absolute Gasteiger partial charge is 0.355 e. The predicted octanol–water partition coefficient (Wildman–Crippen LogP) is 3.66. The van der Waals surface area contributed by atoms with Crippen molar-refractivity contribution in [3.05, 3.63) is 35.9 Å². The van der Waals surface area contributed by atoms with E-state index in [9.17, 15) is 4.79 Å². The molecule has 1 aliphatic carbocycles. The molecule has 0 heterocycles. The van der Waals surface area contributed by atoms with Gasteiger partial charge in [-0.3, -0.25) is 4.79 Å². The second-order valence-corrected chi connectivity index (χ2v) is 6.23. The summed E-state index contributed by atoms with van der Waals surface area (Å²) in [5, 5.41) is 3.16. The van der Waals surface area contributed by atoms with Crippen molar-refractivity contribution < 1.29 is 4.79 Å². The van der Waals surface area contributed by atoms with Crippen LogP contribution in [0.5, 0.6) is 0 Å². The maximum atomic E-state index is 11.9. The van der Waals surface area contributed by atoms with E-state index in [0.29, 0.717) is 12.3 Å². The van der Waals surface area contributed by atoms with Gasteiger partial charge in [0.1, 0.15) is 0 Å². The fraction of sp³-hybridized carbons (Fsp3) is 0.588. The lowest BCUT2D eigenvalue weighted by molar-refractivity contribution is -0.122. The quantitative estimate of drug-likeness (QED) is 0.859. The molecule has 19 heavy (non-hydrogen) atoms. The molecule has 0 aromatic heterocycles. The number of hydrogen-bond donors (Lipinski definition) is 1. The highest BCUT2D eigenvalue weighted by atomic mass is 16.1. The second-order valence-electron chi connectivity index (χ2n) is 6.23. The summed E-state index contributed by atoms with van der Waals surface area (Å²) in [6.45, 7) is 4.97. The lowest BCUT2D eigenvalue weighted by Crippen LogP contribution is -2.39. The van der Waals surface area contributed by atoms with Gasteiger partial charge in [0.2, 0.25) is 5.91 Å². The Hall–Kier alpha value is -1.31. The van der Waals surface area contributed by atoms with Crippen molar-refractivity contribution in [1.82, 2.24) is 5.32 Å². The van der Waals surface area contributed by atoms with Gasteiger partial charge in [0, 0.05) is 18.4 Å². The molecule has 0 bridgehead atoms. The summed E-state index contributed by atoms with van der Waals surface area (Å²) >= 11 is 0. The number of rotatable bonds is 5. The summed E-state index contributed by atoms with van der Waals surface area (Å²) in [4.78, 5) is 11.9. The van der Waals surface area contributed by atoms with Crippen LogP contribution in [0.2, 0.25) is 0 Å². The van der Waals surface area contributed by atoms with Crippen LogP contribution in [-0.2, 0) is 10.2 Å². The monoisotopic (exact) mass is 259 g/mol. The Kier molecular flexibility index (Phi) is 4.62. The van der Waals surface area contributed by atoms with Crippen molar-refractivity contribution in [3.63, 3.8) is 0 Å². The third-order valence-corrected chi connectivity index (χ3v) is 4.16. The fourth-order valence-corrected chi connectivity index (χ4v) is 3.12. The van der Waals surface area contributed by atoms with Crippen molar-refractivity contribution in [2.75, 3.05) is 6.54 Å². The minimum Gasteiger partial charge on any atom is -0.355 e. The van der Waals surface area contributed by atoms with E-state index in [1.807, 2.05) is 0 Å². The standard InChI is InChI=1S/C17H25NO/c1-14(2)12-16(19)18-13-17(10-6-7-11-17)15-8-4-3-5-9-15/h3-5,8-9,14H,6-7,10-13H2,1-2H3,(H,18,19). The Bertz CT molecular complexity index is 405. The third-order valence-electron chi connectivity index (χ3n) is 4.16. The molecule has 1 N–H and O–H groups in total. The summed E-state index contributed by atoms with van der Waals surface area (Å²) in [5.41, 5.74) is 1.56. The Labute approximate surface area is 116 Å². The SMILES string of the molecule is CC(C)CC(=O)NCC1(c2ccccc2)CCCC1. The van der Waals surface area contributed by atoms with Crippen LogP contribution in [0.4, 0.5) is 0 Å². The van der Waals surface area contributed by atoms with E-state index in [2.05, 4.69) is 49.5 Å². The van der Waals surface area contributed by atoms with Crippen LogP contribution in [-0.4, -0.2) is 12.5 Å². The Balaban J connectivity index is 2.03. The van der Waals surface area contributed by atoms with Crippen molar-refractivity contribution in [2.24, 2.45) is 5.92 Å². The number of benzene rings is 1. The van der Waals surface area contributed by atoms with Crippen LogP contribution in [0.15, 0.2) is 30.3 Å². The van der Waals surface area contributed by atoms with Gasteiger partial charge in [0.25, 0.3) is 0 Å². The lowest BCUT2D eigenvalue weighted by Gasteiger charge is -2.30. The minimum atomic E-state index is 0.175. The first-order valence-electron chi connectivity index (χ1n) is 7.45. The Morgan fingerprint density at radius 2 is 1.84 bits per heavy atom. The van der Waals surface area contributed by atoms with Crippen LogP contribution < -0.4 is 5.32 Å². The van der Waals surface area contributed by atoms with Crippen molar-refractivity contribution in [1.29, 1.82) is 0 Å². The smallest absolute Gasteiger partial charge is 0.220 e. The molecule has 1 aromatic carbocycles. The molecule has 1 aromatic rings. The van der Waals surface area contributed by atoms with Crippen molar-refractivity contribution in [2.45, 2.75) is 51.4 Å². The number of nitrogens with one attached hydrogen (secondary N) is 1. The molecule has 0 radical (unpaired) electrons. The van der Waals surface area contributed by atoms with E-state index in [1.54, 1.807) is 0 Å². The van der Waals surface area contributed by atoms with Crippen LogP contribution in [0.3, 0.4) is 0 Å². The maximum absolute atomic E-state index is 11.9. The molecule has 0 saturated heterocycles. The summed E-state index contributed by atoms with van der Waals surface area (Å²) in [5.74, 6) is 0.619. The Morgan fingerprint density at radius 1 is 1.21 bits per heavy atom. The van der Waals surface area contributed by atoms with Crippen LogP contribution >= 0.6 is 0 Å². The predicted molar refractivity (Wildman–Crippen MR) is 79.1 cm³/mol. The first-order chi connectivity index (χ1) is 9.12. The summed E-state index contributed by atoms with van der Waals surface area (Å²) < 4.78 is 0. The van der Waals surface area contributed by atoms with Crippen LogP contribution in [0, 0.1) is 5.92 Å². The lowest BCUT2D eigenvalue weighted by atomic mass is 9.79. The van der Waals surface area contributed by atoms with Gasteiger partial charge in [-0.1, -0.05) is 57.0 Å². The number of carbonyl (C=O) groups excluding carboxylic acids is 1. The Morgan fingerprint density at radius 3 is 2.42 bits per heavy atom. The molecule has 0 spiro atoms. The van der Waals surface area contributed by atoms with Crippen LogP contribution in [0.25, 0.3) is 0 Å². The molecule has 1 amide bonds. The van der Waals surface area contributed by atoms with Crippen molar-refractivity contribution in [3.8, 4) is 0 Å². The van der Waals surface area contributed by atoms with E-state index in [-0.39, 0.29) is 11.3 Å². The molecule has 1 aliphatic rings. The number of carbonyl (C=O) groups is 1. The van der Waals surface area contributed by atoms with Gasteiger partial charge in [0.05, 0.1) is 0 Å². The van der Waals surface area contributed by atoms with Gasteiger partial charge in [-0.05, 0) is 24.3 Å². The van der Waals surface area contributed by atoms with Gasteiger partial charge in [-0.25, -0.2) is 0 Å². The molecule has 0 unspecified atom stereocenters. The summed E-state index contributed by atoms with van der Waals surface area (Å²) in [6, 6.07) is 10.7. The zero-order valence-electron chi connectivity index (χ0n) is 12.1. The first kappa shape index (κ1) is 14.1. The van der Waals surface area contributed by atoms with Gasteiger partial charge in [-0.2, -0.15) is 0 Å². The average Bonchev–Trinajstić information content (AvgIpc) is 2.87. The molecule has 2 rings (SSSR count). The highest BCUT2D eigenvalue weighted by Crippen LogP contribution is 2.40. The molecule has 2 nitrogen and oxygen atoms in total. The average molecular weight is 259 g/mol. The van der Waals surface area contributed by atoms with Crippen LogP contribution in [0.1, 0.15) is 51.5 Å². The van der Waals surface area contributed by atoms with E-state index >= 15 is 0 Å². The second kappa shape index (κ2) is 6.23.